The Morgan fingerprint density at radius 3 is 1.49 bits per heavy atom. The molecule has 0 spiro atoms. The van der Waals surface area contributed by atoms with Gasteiger partial charge in [0.2, 0.25) is 8.77 Å². The van der Waals surface area contributed by atoms with Crippen LogP contribution in [0.3, 0.4) is 0 Å². The zero-order chi connectivity index (χ0) is 27.6. The summed E-state index contributed by atoms with van der Waals surface area (Å²) in [5.74, 6) is 0.476. The summed E-state index contributed by atoms with van der Waals surface area (Å²) in [5.41, 5.74) is 1.98. The van der Waals surface area contributed by atoms with E-state index in [1.54, 1.807) is 60.7 Å². The molecule has 8 heteroatoms. The second-order valence-corrected chi connectivity index (χ2v) is 12.5. The van der Waals surface area contributed by atoms with Gasteiger partial charge in [0.15, 0.2) is 0 Å². The topological polar surface area (TPSA) is 69.7 Å². The Balaban J connectivity index is 0.000000898. The van der Waals surface area contributed by atoms with Crippen LogP contribution in [-0.2, 0) is 30.1 Å². The Kier molecular flexibility index (Phi) is 11.1. The molecular weight excluding hydrogens is 525 g/mol. The van der Waals surface area contributed by atoms with Crippen LogP contribution in [0.1, 0.15) is 45.2 Å². The van der Waals surface area contributed by atoms with Gasteiger partial charge in [-0.1, -0.05) is 81.6 Å². The highest BCUT2D eigenvalue weighted by atomic mass is 32.8. The highest BCUT2D eigenvalue weighted by Crippen LogP contribution is 2.28. The molecule has 198 valence electrons. The van der Waals surface area contributed by atoms with Gasteiger partial charge in [0, 0.05) is 11.2 Å². The van der Waals surface area contributed by atoms with E-state index in [9.17, 15) is 12.6 Å². The molecule has 0 saturated heterocycles. The van der Waals surface area contributed by atoms with Crippen molar-refractivity contribution in [1.82, 2.24) is 0 Å². The number of fused-ring (bicyclic) bond motifs is 1. The average Bonchev–Trinajstić information content (AvgIpc) is 2.85. The third kappa shape index (κ3) is 8.55. The summed E-state index contributed by atoms with van der Waals surface area (Å²) in [4.78, 5) is 0.490. The number of aryl methyl sites for hydroxylation is 2. The molecule has 5 nitrogen and oxygen atoms in total. The van der Waals surface area contributed by atoms with Crippen LogP contribution in [0.4, 0.5) is 0 Å². The molecule has 0 amide bonds. The van der Waals surface area contributed by atoms with Crippen molar-refractivity contribution >= 4 is 40.9 Å². The summed E-state index contributed by atoms with van der Waals surface area (Å²) in [7, 11) is -7.14. The summed E-state index contributed by atoms with van der Waals surface area (Å²) < 4.78 is 49.1. The predicted octanol–water partition coefficient (Wildman–Crippen LogP) is 7.77. The molecule has 4 aromatic rings. The SMILES string of the molecule is CC.CCC.Cc1ccc(S(=O)(=O)Oc2ccc3ccc(OS(=O)(=S)c4ccc(C)cc4)cc3c2)cc1. The van der Waals surface area contributed by atoms with E-state index in [-0.39, 0.29) is 10.6 Å². The Hall–Kier alpha value is -2.94. The van der Waals surface area contributed by atoms with Gasteiger partial charge >= 0.3 is 10.1 Å². The van der Waals surface area contributed by atoms with Crippen LogP contribution in [0.2, 0.25) is 0 Å². The normalized spacial score (nSPS) is 12.3. The Bertz CT molecular complexity index is 1400. The van der Waals surface area contributed by atoms with Gasteiger partial charge in [0.05, 0.1) is 4.90 Å². The monoisotopic (exact) mass is 558 g/mol. The molecule has 0 fully saturated rings. The Labute approximate surface area is 226 Å². The van der Waals surface area contributed by atoms with Crippen LogP contribution < -0.4 is 8.37 Å². The molecule has 4 aromatic carbocycles. The summed E-state index contributed by atoms with van der Waals surface area (Å²) >= 11 is 5.22. The molecule has 0 aromatic heterocycles. The van der Waals surface area contributed by atoms with Crippen molar-refractivity contribution in [1.29, 1.82) is 0 Å². The maximum absolute atomic E-state index is 12.9. The van der Waals surface area contributed by atoms with E-state index in [0.29, 0.717) is 16.0 Å². The molecule has 0 saturated carbocycles. The van der Waals surface area contributed by atoms with Crippen molar-refractivity contribution < 1.29 is 21.0 Å². The summed E-state index contributed by atoms with van der Waals surface area (Å²) in [6.07, 6.45) is 1.25. The van der Waals surface area contributed by atoms with Crippen molar-refractivity contribution in [2.24, 2.45) is 0 Å². The third-order valence-electron chi connectivity index (χ3n) is 4.81. The summed E-state index contributed by atoms with van der Waals surface area (Å²) in [6, 6.07) is 23.5. The Morgan fingerprint density at radius 1 is 0.622 bits per heavy atom. The largest absolute Gasteiger partial charge is 0.397 e. The zero-order valence-electron chi connectivity index (χ0n) is 22.1. The van der Waals surface area contributed by atoms with Gasteiger partial charge in [-0.05, 0) is 73.2 Å². The zero-order valence-corrected chi connectivity index (χ0v) is 24.5. The molecule has 4 rings (SSSR count). The standard InChI is InChI=1S/C24H20O5S3.C3H8.C2H6/c1-17-3-11-23(12-4-17)31(25,26)28-21-9-7-19-8-10-22(16-20(19)15-21)29-32(27,30)24-13-5-18(2)6-14-24;1-3-2;1-2/h3-16H,1-2H3;3H2,1-2H3;1-2H3. The molecule has 0 bridgehead atoms. The lowest BCUT2D eigenvalue weighted by Gasteiger charge is -2.12. The fraction of sp³-hybridized carbons (Fsp3) is 0.241. The van der Waals surface area contributed by atoms with Crippen LogP contribution >= 0.6 is 0 Å². The molecule has 37 heavy (non-hydrogen) atoms. The first-order valence-corrected chi connectivity index (χ1v) is 15.9. The van der Waals surface area contributed by atoms with E-state index in [1.165, 1.54) is 18.6 Å². The smallest absolute Gasteiger partial charge is 0.339 e. The first-order valence-electron chi connectivity index (χ1n) is 12.1. The van der Waals surface area contributed by atoms with Crippen molar-refractivity contribution in [2.45, 2.75) is 57.8 Å². The minimum Gasteiger partial charge on any atom is -0.397 e. The van der Waals surface area contributed by atoms with Crippen LogP contribution in [0, 0.1) is 13.8 Å². The molecule has 1 unspecified atom stereocenters. The molecule has 0 aliphatic heterocycles. The van der Waals surface area contributed by atoms with Gasteiger partial charge in [0.25, 0.3) is 0 Å². The fourth-order valence-electron chi connectivity index (χ4n) is 3.07. The quantitative estimate of drug-likeness (QED) is 0.225. The third-order valence-corrected chi connectivity index (χ3v) is 8.12. The summed E-state index contributed by atoms with van der Waals surface area (Å²) in [6.45, 7) is 12.1. The lowest BCUT2D eigenvalue weighted by atomic mass is 10.1. The Morgan fingerprint density at radius 2 is 1.03 bits per heavy atom. The number of hydrogen-bond donors (Lipinski definition) is 0. The maximum atomic E-state index is 12.9. The van der Waals surface area contributed by atoms with Gasteiger partial charge in [-0.3, -0.25) is 0 Å². The highest BCUT2D eigenvalue weighted by Gasteiger charge is 2.17. The number of hydrogen-bond acceptors (Lipinski definition) is 6. The van der Waals surface area contributed by atoms with Crippen LogP contribution in [0.5, 0.6) is 11.5 Å². The lowest BCUT2D eigenvalue weighted by Crippen LogP contribution is -2.09. The van der Waals surface area contributed by atoms with Gasteiger partial charge < -0.3 is 8.37 Å². The average molecular weight is 559 g/mol. The van der Waals surface area contributed by atoms with Crippen LogP contribution in [-0.4, -0.2) is 12.6 Å². The second kappa shape index (κ2) is 13.6. The maximum Gasteiger partial charge on any atom is 0.339 e. The molecule has 0 heterocycles. The van der Waals surface area contributed by atoms with E-state index in [4.69, 9.17) is 19.6 Å². The minimum absolute atomic E-state index is 0.0734. The predicted molar refractivity (Wildman–Crippen MR) is 156 cm³/mol. The van der Waals surface area contributed by atoms with Crippen molar-refractivity contribution in [3.05, 3.63) is 96.1 Å². The molecule has 0 aliphatic rings. The molecule has 0 aliphatic carbocycles. The van der Waals surface area contributed by atoms with Gasteiger partial charge in [-0.15, -0.1) is 0 Å². The lowest BCUT2D eigenvalue weighted by molar-refractivity contribution is 0.486. The number of benzene rings is 4. The fourth-order valence-corrected chi connectivity index (χ4v) is 5.48. The van der Waals surface area contributed by atoms with Crippen molar-refractivity contribution in [3.63, 3.8) is 0 Å². The van der Waals surface area contributed by atoms with E-state index < -0.39 is 18.9 Å². The summed E-state index contributed by atoms with van der Waals surface area (Å²) in [5, 5.41) is 1.50. The molecule has 1 atom stereocenters. The molecule has 0 radical (unpaired) electrons. The second-order valence-electron chi connectivity index (χ2n) is 8.08. The van der Waals surface area contributed by atoms with Crippen molar-refractivity contribution in [3.8, 4) is 11.5 Å². The first kappa shape index (κ1) is 30.3. The molecule has 0 N–H and O–H groups in total. The van der Waals surface area contributed by atoms with E-state index in [0.717, 1.165) is 16.5 Å². The van der Waals surface area contributed by atoms with Crippen LogP contribution in [0.25, 0.3) is 10.8 Å². The minimum atomic E-state index is -3.97. The van der Waals surface area contributed by atoms with E-state index in [2.05, 4.69) is 13.8 Å². The van der Waals surface area contributed by atoms with Gasteiger partial charge in [-0.25, -0.2) is 4.21 Å². The van der Waals surface area contributed by atoms with Crippen molar-refractivity contribution in [2.75, 3.05) is 0 Å². The van der Waals surface area contributed by atoms with Gasteiger partial charge in [-0.2, -0.15) is 8.42 Å². The highest BCUT2D eigenvalue weighted by molar-refractivity contribution is 8.30. The first-order chi connectivity index (χ1) is 17.5. The van der Waals surface area contributed by atoms with E-state index in [1.807, 2.05) is 39.8 Å². The number of rotatable bonds is 6. The molecular formula is C29H34O5S3. The van der Waals surface area contributed by atoms with Crippen LogP contribution in [0.15, 0.2) is 94.7 Å². The van der Waals surface area contributed by atoms with Gasteiger partial charge in [0.1, 0.15) is 16.4 Å². The van der Waals surface area contributed by atoms with E-state index >= 15 is 0 Å².